The van der Waals surface area contributed by atoms with Gasteiger partial charge in [0.2, 0.25) is 0 Å². The van der Waals surface area contributed by atoms with Gasteiger partial charge in [-0.25, -0.2) is 5.21 Å². The normalized spacial score (nSPS) is 21.6. The fourth-order valence-electron chi connectivity index (χ4n) is 4.69. The molecule has 0 unspecified atom stereocenters. The van der Waals surface area contributed by atoms with Crippen LogP contribution in [0.1, 0.15) is 113 Å². The molecule has 0 spiro atoms. The maximum absolute atomic E-state index is 11.3. The molecule has 1 saturated heterocycles. The van der Waals surface area contributed by atoms with Crippen LogP contribution in [-0.4, -0.2) is 45.7 Å². The van der Waals surface area contributed by atoms with Crippen LogP contribution in [0.4, 0.5) is 0 Å². The van der Waals surface area contributed by atoms with Crippen LogP contribution in [-0.2, 0) is 26.8 Å². The summed E-state index contributed by atoms with van der Waals surface area (Å²) in [6.45, 7) is 20.4. The predicted octanol–water partition coefficient (Wildman–Crippen LogP) is 4.70. The molecule has 34 heavy (non-hydrogen) atoms. The summed E-state index contributed by atoms with van der Waals surface area (Å²) in [5.74, 6) is 0.162. The van der Waals surface area contributed by atoms with E-state index in [1.54, 1.807) is 0 Å². The first-order valence-electron chi connectivity index (χ1n) is 11.9. The molecule has 1 aromatic rings. The predicted molar refractivity (Wildman–Crippen MR) is 139 cm³/mol. The molecule has 1 aromatic carbocycles. The van der Waals surface area contributed by atoms with Gasteiger partial charge in [0.15, 0.2) is 0 Å². The van der Waals surface area contributed by atoms with Crippen molar-refractivity contribution in [3.05, 3.63) is 28.8 Å². The first-order valence-corrected chi connectivity index (χ1v) is 11.9. The summed E-state index contributed by atoms with van der Waals surface area (Å²) in [5.41, 5.74) is 2.15. The highest BCUT2D eigenvalue weighted by molar-refractivity contribution is 5.69. The van der Waals surface area contributed by atoms with Crippen molar-refractivity contribution in [1.29, 1.82) is 0 Å². The standard InChI is InChI=1S/C18H28O3.C9H19NO2.CH4/c1-17(2,3)13-10-12(8-9-15(19)21-7)11-14(16(13)20)18(4,5)6;1-8(2)5-7(11)6-9(3,4)10(8)12;/h10-11,20H,8-9H2,1-7H3;7,11-12H,5-6H2,1-4H3;1H4/p+1. The van der Waals surface area contributed by atoms with E-state index in [1.165, 1.54) is 7.11 Å². The van der Waals surface area contributed by atoms with E-state index in [0.717, 1.165) is 16.7 Å². The lowest BCUT2D eigenvalue weighted by molar-refractivity contribution is -1.16. The minimum absolute atomic E-state index is 0. The third-order valence-corrected chi connectivity index (χ3v) is 6.41. The number of quaternary nitrogens is 1. The summed E-state index contributed by atoms with van der Waals surface area (Å²) in [5, 5.41) is 30.6. The number of aryl methyl sites for hydroxylation is 1. The van der Waals surface area contributed by atoms with Gasteiger partial charge in [-0.1, -0.05) is 61.1 Å². The molecule has 2 rings (SSSR count). The largest absolute Gasteiger partial charge is 0.507 e. The number of hydrogen-bond donors (Lipinski definition) is 4. The highest BCUT2D eigenvalue weighted by Crippen LogP contribution is 2.40. The van der Waals surface area contributed by atoms with E-state index in [1.807, 2.05) is 39.8 Å². The van der Waals surface area contributed by atoms with Crippen molar-refractivity contribution in [2.24, 2.45) is 0 Å². The van der Waals surface area contributed by atoms with Gasteiger partial charge in [0, 0.05) is 19.3 Å². The van der Waals surface area contributed by atoms with Gasteiger partial charge in [-0.05, 0) is 61.6 Å². The fraction of sp³-hybridized carbons (Fsp3) is 0.750. The van der Waals surface area contributed by atoms with E-state index in [4.69, 9.17) is 4.74 Å². The second-order valence-corrected chi connectivity index (χ2v) is 12.8. The van der Waals surface area contributed by atoms with Crippen molar-refractivity contribution < 1.29 is 30.0 Å². The van der Waals surface area contributed by atoms with Crippen molar-refractivity contribution in [2.75, 3.05) is 7.11 Å². The van der Waals surface area contributed by atoms with E-state index in [9.17, 15) is 20.2 Å². The van der Waals surface area contributed by atoms with Crippen LogP contribution in [0.25, 0.3) is 0 Å². The smallest absolute Gasteiger partial charge is 0.305 e. The van der Waals surface area contributed by atoms with Crippen LogP contribution in [0.15, 0.2) is 12.1 Å². The van der Waals surface area contributed by atoms with Gasteiger partial charge in [-0.15, -0.1) is 0 Å². The summed E-state index contributed by atoms with van der Waals surface area (Å²) in [6.07, 6.45) is 2.05. The Hall–Kier alpha value is -1.63. The summed E-state index contributed by atoms with van der Waals surface area (Å²) >= 11 is 0. The zero-order valence-electron chi connectivity index (χ0n) is 22.7. The third kappa shape index (κ3) is 8.54. The van der Waals surface area contributed by atoms with Crippen molar-refractivity contribution >= 4 is 5.97 Å². The van der Waals surface area contributed by atoms with Gasteiger partial charge in [0.25, 0.3) is 0 Å². The number of aromatic hydroxyl groups is 1. The van der Waals surface area contributed by atoms with E-state index in [0.29, 0.717) is 36.5 Å². The van der Waals surface area contributed by atoms with E-state index < -0.39 is 0 Å². The number of carbonyl (C=O) groups is 1. The summed E-state index contributed by atoms with van der Waals surface area (Å²) in [7, 11) is 1.40. The Kier molecular flexibility index (Phi) is 10.9. The molecule has 1 aliphatic rings. The quantitative estimate of drug-likeness (QED) is 0.469. The van der Waals surface area contributed by atoms with Gasteiger partial charge in [0.1, 0.15) is 16.8 Å². The van der Waals surface area contributed by atoms with Crippen molar-refractivity contribution in [3.8, 4) is 5.75 Å². The number of carbonyl (C=O) groups excluding carboxylic acids is 1. The zero-order chi connectivity index (χ0) is 26.0. The number of phenols is 1. The number of aliphatic hydroxyl groups excluding tert-OH is 1. The molecule has 0 atom stereocenters. The number of methoxy groups -OCH3 is 1. The van der Waals surface area contributed by atoms with Crippen LogP contribution >= 0.6 is 0 Å². The lowest BCUT2D eigenvalue weighted by Gasteiger charge is -2.45. The maximum atomic E-state index is 11.3. The number of benzene rings is 1. The number of hydrogen-bond acceptors (Lipinski definition) is 5. The van der Waals surface area contributed by atoms with Gasteiger partial charge < -0.3 is 14.9 Å². The average Bonchev–Trinajstić information content (AvgIpc) is 2.62. The molecule has 6 heteroatoms. The van der Waals surface area contributed by atoms with Crippen molar-refractivity contribution in [3.63, 3.8) is 0 Å². The summed E-state index contributed by atoms with van der Waals surface area (Å²) in [6, 6.07) is 4.01. The van der Waals surface area contributed by atoms with Crippen LogP contribution < -0.4 is 5.06 Å². The van der Waals surface area contributed by atoms with E-state index >= 15 is 0 Å². The van der Waals surface area contributed by atoms with Crippen LogP contribution in [0.2, 0.25) is 0 Å². The highest BCUT2D eigenvalue weighted by Gasteiger charge is 2.49. The second kappa shape index (κ2) is 11.4. The van der Waals surface area contributed by atoms with Crippen LogP contribution in [0.3, 0.4) is 0 Å². The van der Waals surface area contributed by atoms with Crippen LogP contribution in [0, 0.1) is 0 Å². The zero-order valence-corrected chi connectivity index (χ0v) is 22.7. The topological polar surface area (TPSA) is 91.4 Å². The number of aliphatic hydroxyl groups is 1. The Morgan fingerprint density at radius 2 is 1.38 bits per heavy atom. The Labute approximate surface area is 208 Å². The fourth-order valence-corrected chi connectivity index (χ4v) is 4.69. The Morgan fingerprint density at radius 3 is 1.71 bits per heavy atom. The molecule has 1 aliphatic heterocycles. The van der Waals surface area contributed by atoms with Gasteiger partial charge in [-0.3, -0.25) is 4.79 Å². The van der Waals surface area contributed by atoms with Crippen LogP contribution in [0.5, 0.6) is 5.75 Å². The number of nitrogens with one attached hydrogen (secondary N) is 1. The molecule has 1 fully saturated rings. The molecule has 0 radical (unpaired) electrons. The number of rotatable bonds is 3. The highest BCUT2D eigenvalue weighted by atomic mass is 16.5. The molecule has 0 bridgehead atoms. The van der Waals surface area contributed by atoms with Gasteiger partial charge >= 0.3 is 5.97 Å². The Balaban J connectivity index is 0.000000713. The van der Waals surface area contributed by atoms with Crippen molar-refractivity contribution in [1.82, 2.24) is 0 Å². The SMILES string of the molecule is C.CC1(C)CC(O)CC(C)(C)[NH+]1O.COC(=O)CCc1cc(C(C)(C)C)c(O)c(C(C)(C)C)c1. The van der Waals surface area contributed by atoms with E-state index in [-0.39, 0.29) is 41.4 Å². The Bertz CT molecular complexity index is 762. The Morgan fingerprint density at radius 1 is 1.00 bits per heavy atom. The first-order chi connectivity index (χ1) is 14.7. The molecular weight excluding hydrogens is 430 g/mol. The third-order valence-electron chi connectivity index (χ3n) is 6.41. The number of ether oxygens (including phenoxy) is 1. The summed E-state index contributed by atoms with van der Waals surface area (Å²) in [4.78, 5) is 11.3. The first kappa shape index (κ1) is 32.4. The average molecular weight is 483 g/mol. The molecule has 198 valence electrons. The number of piperidine rings is 1. The monoisotopic (exact) mass is 482 g/mol. The van der Waals surface area contributed by atoms with Crippen molar-refractivity contribution in [2.45, 2.75) is 130 Å². The van der Waals surface area contributed by atoms with Gasteiger partial charge in [0.05, 0.1) is 13.2 Å². The van der Waals surface area contributed by atoms with E-state index in [2.05, 4.69) is 41.5 Å². The maximum Gasteiger partial charge on any atom is 0.305 e. The number of hydroxylamine groups is 2. The summed E-state index contributed by atoms with van der Waals surface area (Å²) < 4.78 is 4.70. The molecular formula is C28H52NO5+. The van der Waals surface area contributed by atoms with Gasteiger partial charge in [-0.2, -0.15) is 5.06 Å². The molecule has 1 heterocycles. The minimum Gasteiger partial charge on any atom is -0.507 e. The second-order valence-electron chi connectivity index (χ2n) is 12.8. The molecule has 6 nitrogen and oxygen atoms in total. The molecule has 0 amide bonds. The number of phenolic OH excluding ortho intramolecular Hbond substituents is 1. The minimum atomic E-state index is -0.272. The molecule has 0 aromatic heterocycles. The lowest BCUT2D eigenvalue weighted by atomic mass is 9.78. The molecule has 0 saturated carbocycles. The molecule has 0 aliphatic carbocycles. The molecule has 4 N–H and O–H groups in total. The lowest BCUT2D eigenvalue weighted by Crippen LogP contribution is -3.25. The number of esters is 1.